The van der Waals surface area contributed by atoms with Gasteiger partial charge in [-0.05, 0) is 19.6 Å². The van der Waals surface area contributed by atoms with Gasteiger partial charge in [0.1, 0.15) is 0 Å². The van der Waals surface area contributed by atoms with E-state index in [1.165, 1.54) is 11.8 Å². The molecule has 0 atom stereocenters. The first-order chi connectivity index (χ1) is 7.56. The Labute approximate surface area is 99.8 Å². The van der Waals surface area contributed by atoms with E-state index >= 15 is 0 Å². The first kappa shape index (κ1) is 14.8. The molecule has 0 aromatic carbocycles. The average Bonchev–Trinajstić information content (AvgIpc) is 2.25. The zero-order valence-electron chi connectivity index (χ0n) is 9.83. The maximum atomic E-state index is 11.5. The molecule has 0 fully saturated rings. The minimum absolute atomic E-state index is 0.0350. The molecule has 0 radical (unpaired) electrons. The molecule has 6 heteroatoms. The Morgan fingerprint density at radius 1 is 1.38 bits per heavy atom. The Hall–Kier alpha value is -1.17. The van der Waals surface area contributed by atoms with Crippen LogP contribution >= 0.6 is 11.8 Å². The second-order valence-corrected chi connectivity index (χ2v) is 3.81. The highest BCUT2D eigenvalue weighted by atomic mass is 32.2. The molecule has 0 spiro atoms. The van der Waals surface area contributed by atoms with E-state index in [9.17, 15) is 9.59 Å². The van der Waals surface area contributed by atoms with Crippen LogP contribution in [-0.4, -0.2) is 24.7 Å². The molecule has 0 saturated carbocycles. The third kappa shape index (κ3) is 5.06. The predicted molar refractivity (Wildman–Crippen MR) is 64.4 cm³/mol. The van der Waals surface area contributed by atoms with E-state index in [1.807, 2.05) is 6.92 Å². The maximum absolute atomic E-state index is 11.5. The van der Waals surface area contributed by atoms with Crippen molar-refractivity contribution in [3.63, 3.8) is 0 Å². The molecule has 5 nitrogen and oxygen atoms in total. The standard InChI is InChI=1S/C10H18N2O3S/c1-4-6-7(13)12-8(9(11)16-3)10(14)15-5-2/h4-6,11H2,1-3H3,(H,12,13). The van der Waals surface area contributed by atoms with Crippen LogP contribution in [0.2, 0.25) is 0 Å². The lowest BCUT2D eigenvalue weighted by atomic mass is 10.3. The van der Waals surface area contributed by atoms with Gasteiger partial charge in [-0.3, -0.25) is 4.79 Å². The molecule has 1 amide bonds. The molecule has 0 rings (SSSR count). The summed E-state index contributed by atoms with van der Waals surface area (Å²) in [5.74, 6) is -0.832. The lowest BCUT2D eigenvalue weighted by Crippen LogP contribution is -2.30. The summed E-state index contributed by atoms with van der Waals surface area (Å²) < 4.78 is 4.80. The summed E-state index contributed by atoms with van der Waals surface area (Å²) in [6.45, 7) is 3.82. The summed E-state index contributed by atoms with van der Waals surface area (Å²) in [7, 11) is 0. The number of nitrogens with one attached hydrogen (secondary N) is 1. The number of thioether (sulfide) groups is 1. The summed E-state index contributed by atoms with van der Waals surface area (Å²) >= 11 is 1.19. The normalized spacial score (nSPS) is 11.7. The molecule has 0 unspecified atom stereocenters. The number of amides is 1. The second-order valence-electron chi connectivity index (χ2n) is 2.96. The first-order valence-electron chi connectivity index (χ1n) is 5.07. The van der Waals surface area contributed by atoms with Crippen LogP contribution in [0.15, 0.2) is 10.7 Å². The fourth-order valence-electron chi connectivity index (χ4n) is 0.948. The van der Waals surface area contributed by atoms with Crippen LogP contribution in [0.1, 0.15) is 26.7 Å². The topological polar surface area (TPSA) is 81.4 Å². The van der Waals surface area contributed by atoms with Crippen molar-refractivity contribution >= 4 is 23.6 Å². The number of ether oxygens (including phenoxy) is 1. The quantitative estimate of drug-likeness (QED) is 0.539. The van der Waals surface area contributed by atoms with Gasteiger partial charge in [-0.2, -0.15) is 0 Å². The number of hydrogen-bond acceptors (Lipinski definition) is 5. The minimum atomic E-state index is -0.598. The Morgan fingerprint density at radius 2 is 2.00 bits per heavy atom. The lowest BCUT2D eigenvalue weighted by molar-refractivity contribution is -0.140. The minimum Gasteiger partial charge on any atom is -0.461 e. The van der Waals surface area contributed by atoms with E-state index in [0.29, 0.717) is 12.8 Å². The van der Waals surface area contributed by atoms with Crippen molar-refractivity contribution in [2.75, 3.05) is 12.9 Å². The molecule has 0 aliphatic heterocycles. The third-order valence-electron chi connectivity index (χ3n) is 1.69. The van der Waals surface area contributed by atoms with Gasteiger partial charge >= 0.3 is 5.97 Å². The summed E-state index contributed by atoms with van der Waals surface area (Å²) in [4.78, 5) is 22.9. The van der Waals surface area contributed by atoms with Gasteiger partial charge in [-0.25, -0.2) is 4.79 Å². The SMILES string of the molecule is CCCC(=O)NC(C(=O)OCC)=C(N)SC. The summed E-state index contributed by atoms with van der Waals surface area (Å²) in [5, 5.41) is 2.73. The van der Waals surface area contributed by atoms with Crippen LogP contribution in [0.25, 0.3) is 0 Å². The van der Waals surface area contributed by atoms with Gasteiger partial charge in [-0.15, -0.1) is 11.8 Å². The molecule has 92 valence electrons. The molecule has 0 aromatic heterocycles. The molecule has 3 N–H and O–H groups in total. The third-order valence-corrected chi connectivity index (χ3v) is 2.33. The summed E-state index contributed by atoms with van der Waals surface area (Å²) in [5.41, 5.74) is 5.65. The number of nitrogens with two attached hydrogens (primary N) is 1. The van der Waals surface area contributed by atoms with Gasteiger partial charge in [0.15, 0.2) is 5.70 Å². The van der Waals surface area contributed by atoms with Crippen LogP contribution in [0.4, 0.5) is 0 Å². The van der Waals surface area contributed by atoms with Crippen molar-refractivity contribution in [2.45, 2.75) is 26.7 Å². The van der Waals surface area contributed by atoms with Gasteiger partial charge in [0.25, 0.3) is 0 Å². The van der Waals surface area contributed by atoms with Crippen LogP contribution in [0.5, 0.6) is 0 Å². The van der Waals surface area contributed by atoms with Crippen molar-refractivity contribution in [1.82, 2.24) is 5.32 Å². The first-order valence-corrected chi connectivity index (χ1v) is 6.29. The van der Waals surface area contributed by atoms with E-state index < -0.39 is 5.97 Å². The number of rotatable bonds is 6. The number of esters is 1. The Kier molecular flexibility index (Phi) is 7.45. The Balaban J connectivity index is 4.70. The van der Waals surface area contributed by atoms with Gasteiger partial charge < -0.3 is 15.8 Å². The van der Waals surface area contributed by atoms with Crippen LogP contribution < -0.4 is 11.1 Å². The highest BCUT2D eigenvalue weighted by Crippen LogP contribution is 2.10. The molecule has 0 aromatic rings. The Bertz CT molecular complexity index is 290. The Morgan fingerprint density at radius 3 is 2.44 bits per heavy atom. The summed E-state index contributed by atoms with van der Waals surface area (Å²) in [6, 6.07) is 0. The van der Waals surface area contributed by atoms with Crippen LogP contribution in [-0.2, 0) is 14.3 Å². The molecule has 0 aliphatic carbocycles. The van der Waals surface area contributed by atoms with E-state index in [1.54, 1.807) is 13.2 Å². The zero-order chi connectivity index (χ0) is 12.6. The van der Waals surface area contributed by atoms with E-state index in [0.717, 1.165) is 0 Å². The molecule has 0 aliphatic rings. The lowest BCUT2D eigenvalue weighted by Gasteiger charge is -2.10. The molecular weight excluding hydrogens is 228 g/mol. The van der Waals surface area contributed by atoms with Gasteiger partial charge in [0, 0.05) is 6.42 Å². The molecule has 16 heavy (non-hydrogen) atoms. The highest BCUT2D eigenvalue weighted by molar-refractivity contribution is 8.02. The second kappa shape index (κ2) is 8.04. The molecular formula is C10H18N2O3S. The summed E-state index contributed by atoms with van der Waals surface area (Å²) in [6.07, 6.45) is 2.78. The molecule has 0 saturated heterocycles. The maximum Gasteiger partial charge on any atom is 0.357 e. The smallest absolute Gasteiger partial charge is 0.357 e. The predicted octanol–water partition coefficient (Wildman–Crippen LogP) is 0.957. The fourth-order valence-corrected chi connectivity index (χ4v) is 1.29. The van der Waals surface area contributed by atoms with Crippen molar-refractivity contribution in [2.24, 2.45) is 5.73 Å². The fraction of sp³-hybridized carbons (Fsp3) is 0.600. The van der Waals surface area contributed by atoms with Gasteiger partial charge in [0.05, 0.1) is 11.6 Å². The van der Waals surface area contributed by atoms with Gasteiger partial charge in [0.2, 0.25) is 5.91 Å². The molecule has 0 heterocycles. The van der Waals surface area contributed by atoms with Gasteiger partial charge in [-0.1, -0.05) is 6.92 Å². The molecule has 0 bridgehead atoms. The zero-order valence-corrected chi connectivity index (χ0v) is 10.6. The van der Waals surface area contributed by atoms with E-state index in [2.05, 4.69) is 5.32 Å². The number of carbonyl (C=O) groups is 2. The van der Waals surface area contributed by atoms with E-state index in [-0.39, 0.29) is 23.2 Å². The highest BCUT2D eigenvalue weighted by Gasteiger charge is 2.17. The van der Waals surface area contributed by atoms with Crippen molar-refractivity contribution in [3.8, 4) is 0 Å². The largest absolute Gasteiger partial charge is 0.461 e. The van der Waals surface area contributed by atoms with E-state index in [4.69, 9.17) is 10.5 Å². The number of carbonyl (C=O) groups excluding carboxylic acids is 2. The van der Waals surface area contributed by atoms with Crippen molar-refractivity contribution < 1.29 is 14.3 Å². The van der Waals surface area contributed by atoms with Crippen molar-refractivity contribution in [3.05, 3.63) is 10.7 Å². The average molecular weight is 246 g/mol. The number of hydrogen-bond donors (Lipinski definition) is 2. The van der Waals surface area contributed by atoms with Crippen molar-refractivity contribution in [1.29, 1.82) is 0 Å². The monoisotopic (exact) mass is 246 g/mol. The van der Waals surface area contributed by atoms with Crippen LogP contribution in [0.3, 0.4) is 0 Å². The van der Waals surface area contributed by atoms with Crippen LogP contribution in [0, 0.1) is 0 Å².